The highest BCUT2D eigenvalue weighted by Gasteiger charge is 2.44. The number of fused-ring (bicyclic) bond motifs is 2. The molecular weight excluding hydrogens is 737 g/mol. The molecule has 16 nitrogen and oxygen atoms in total. The number of amides is 4. The number of aromatic amines is 1. The number of hydrogen-bond acceptors (Lipinski definition) is 12. The number of likely N-dealkylation sites (tertiary alicyclic amines) is 1. The van der Waals surface area contributed by atoms with Gasteiger partial charge < -0.3 is 20.1 Å². The highest BCUT2D eigenvalue weighted by molar-refractivity contribution is 6.23. The fraction of sp³-hybridized carbons (Fsp3) is 0.381. The lowest BCUT2D eigenvalue weighted by Crippen LogP contribution is -2.54. The summed E-state index contributed by atoms with van der Waals surface area (Å²) in [4.78, 5) is 71.5. The quantitative estimate of drug-likeness (QED) is 0.165. The van der Waals surface area contributed by atoms with E-state index in [4.69, 9.17) is 15.2 Å². The van der Waals surface area contributed by atoms with E-state index in [1.165, 1.54) is 5.56 Å². The molecule has 9 rings (SSSR count). The van der Waals surface area contributed by atoms with Gasteiger partial charge in [0.25, 0.3) is 11.8 Å². The van der Waals surface area contributed by atoms with Gasteiger partial charge in [-0.25, -0.2) is 4.98 Å². The van der Waals surface area contributed by atoms with Crippen molar-refractivity contribution in [1.29, 1.82) is 5.26 Å². The van der Waals surface area contributed by atoms with Crippen LogP contribution < -0.4 is 15.5 Å². The Bertz CT molecular complexity index is 2420. The van der Waals surface area contributed by atoms with Gasteiger partial charge in [-0.2, -0.15) is 15.3 Å². The van der Waals surface area contributed by atoms with Gasteiger partial charge in [0.05, 0.1) is 42.1 Å². The number of piperidine rings is 2. The van der Waals surface area contributed by atoms with Crippen LogP contribution in [-0.4, -0.2) is 121 Å². The molecule has 58 heavy (non-hydrogen) atoms. The number of aromatic nitrogens is 5. The average molecular weight is 781 g/mol. The van der Waals surface area contributed by atoms with Crippen LogP contribution in [0.3, 0.4) is 0 Å². The Morgan fingerprint density at radius 2 is 1.59 bits per heavy atom. The molecule has 5 aromatic rings. The first-order valence-electron chi connectivity index (χ1n) is 20.0. The minimum Gasteiger partial charge on any atom is -0.369 e. The van der Waals surface area contributed by atoms with E-state index in [1.807, 2.05) is 24.5 Å². The highest BCUT2D eigenvalue weighted by atomic mass is 16.2. The molecule has 0 spiro atoms. The van der Waals surface area contributed by atoms with Crippen molar-refractivity contribution in [3.05, 3.63) is 83.8 Å². The lowest BCUT2D eigenvalue weighted by molar-refractivity contribution is -0.136. The number of anilines is 3. The number of carbonyl (C=O) groups is 4. The summed E-state index contributed by atoms with van der Waals surface area (Å²) in [5, 5.41) is 19.9. The molecule has 0 radical (unpaired) electrons. The van der Waals surface area contributed by atoms with Gasteiger partial charge in [0.2, 0.25) is 17.8 Å². The van der Waals surface area contributed by atoms with Crippen LogP contribution >= 0.6 is 0 Å². The van der Waals surface area contributed by atoms with E-state index in [9.17, 15) is 19.2 Å². The second kappa shape index (κ2) is 15.8. The van der Waals surface area contributed by atoms with Crippen molar-refractivity contribution < 1.29 is 19.2 Å². The van der Waals surface area contributed by atoms with Gasteiger partial charge >= 0.3 is 0 Å². The third-order valence-corrected chi connectivity index (χ3v) is 11.9. The van der Waals surface area contributed by atoms with Gasteiger partial charge in [0.15, 0.2) is 0 Å². The summed E-state index contributed by atoms with van der Waals surface area (Å²) in [5.41, 5.74) is 6.15. The first-order valence-corrected chi connectivity index (χ1v) is 20.0. The predicted octanol–water partition coefficient (Wildman–Crippen LogP) is 3.88. The maximum Gasteiger partial charge on any atom is 0.262 e. The van der Waals surface area contributed by atoms with E-state index in [2.05, 4.69) is 65.8 Å². The van der Waals surface area contributed by atoms with Crippen LogP contribution in [-0.2, 0) is 16.1 Å². The second-order valence-electron chi connectivity index (χ2n) is 15.4. The number of nitrogens with zero attached hydrogens (tertiary/aromatic N) is 9. The van der Waals surface area contributed by atoms with Gasteiger partial charge in [-0.3, -0.25) is 39.0 Å². The monoisotopic (exact) mass is 780 g/mol. The standard InChI is InChI=1S/C42H44N12O4/c43-13-1-15-53-26-29(25-45-53)37-33-10-14-44-38(33)49-42(48-37)46-30-4-2-27(3-5-30)28-11-16-50(17-12-28)18-19-51-20-22-52(23-21-51)31-6-7-32-34(24-31)41(58)54(40(32)57)35-8-9-36(55)47-39(35)56/h2-7,10,14,24-26,28,35H,1,8-9,11-12,15-23H2,(H,47,55,56)(H2,44,46,48,49). The fourth-order valence-corrected chi connectivity index (χ4v) is 8.62. The van der Waals surface area contributed by atoms with Crippen molar-refractivity contribution in [2.45, 2.75) is 50.6 Å². The van der Waals surface area contributed by atoms with Gasteiger partial charge in [0.1, 0.15) is 11.7 Å². The van der Waals surface area contributed by atoms with Crippen molar-refractivity contribution in [1.82, 2.24) is 44.7 Å². The molecule has 3 N–H and O–H groups in total. The summed E-state index contributed by atoms with van der Waals surface area (Å²) in [7, 11) is 0. The largest absolute Gasteiger partial charge is 0.369 e. The van der Waals surface area contributed by atoms with Crippen LogP contribution in [0.25, 0.3) is 22.3 Å². The number of nitrogens with one attached hydrogen (secondary N) is 3. The van der Waals surface area contributed by atoms with Crippen molar-refractivity contribution >= 4 is 52.0 Å². The van der Waals surface area contributed by atoms with Gasteiger partial charge in [-0.1, -0.05) is 12.1 Å². The molecule has 3 saturated heterocycles. The molecule has 4 aliphatic heterocycles. The summed E-state index contributed by atoms with van der Waals surface area (Å²) in [5.74, 6) is -0.942. The van der Waals surface area contributed by atoms with Crippen LogP contribution in [0.2, 0.25) is 0 Å². The Kier molecular flexibility index (Phi) is 10.1. The number of imide groups is 2. The molecule has 2 aromatic carbocycles. The van der Waals surface area contributed by atoms with Gasteiger partial charge in [-0.05, 0) is 80.2 Å². The van der Waals surface area contributed by atoms with Crippen molar-refractivity contribution in [3.63, 3.8) is 0 Å². The number of piperazine rings is 1. The van der Waals surface area contributed by atoms with Crippen molar-refractivity contribution in [2.75, 3.05) is 62.6 Å². The first kappa shape index (κ1) is 37.2. The lowest BCUT2D eigenvalue weighted by Gasteiger charge is -2.38. The van der Waals surface area contributed by atoms with Crippen molar-refractivity contribution in [2.24, 2.45) is 0 Å². The second-order valence-corrected chi connectivity index (χ2v) is 15.4. The first-order chi connectivity index (χ1) is 28.3. The molecule has 0 aliphatic carbocycles. The molecule has 3 fully saturated rings. The van der Waals surface area contributed by atoms with E-state index in [0.29, 0.717) is 36.0 Å². The minimum absolute atomic E-state index is 0.0977. The maximum absolute atomic E-state index is 13.3. The molecule has 1 atom stereocenters. The number of aryl methyl sites for hydroxylation is 1. The van der Waals surface area contributed by atoms with E-state index >= 15 is 0 Å². The molecule has 296 valence electrons. The lowest BCUT2D eigenvalue weighted by atomic mass is 9.89. The van der Waals surface area contributed by atoms with Crippen LogP contribution in [0.5, 0.6) is 0 Å². The predicted molar refractivity (Wildman–Crippen MR) is 215 cm³/mol. The Morgan fingerprint density at radius 3 is 2.34 bits per heavy atom. The highest BCUT2D eigenvalue weighted by Crippen LogP contribution is 2.33. The number of H-pyrrole nitrogens is 1. The van der Waals surface area contributed by atoms with E-state index < -0.39 is 23.8 Å². The summed E-state index contributed by atoms with van der Waals surface area (Å²) < 4.78 is 1.76. The molecule has 4 aliphatic rings. The molecule has 0 bridgehead atoms. The number of benzene rings is 2. The Labute approximate surface area is 334 Å². The zero-order valence-corrected chi connectivity index (χ0v) is 32.1. The zero-order valence-electron chi connectivity index (χ0n) is 32.1. The van der Waals surface area contributed by atoms with Crippen LogP contribution in [0.15, 0.2) is 67.1 Å². The Morgan fingerprint density at radius 1 is 0.828 bits per heavy atom. The van der Waals surface area contributed by atoms with Crippen molar-refractivity contribution in [3.8, 4) is 17.3 Å². The number of hydrogen-bond donors (Lipinski definition) is 3. The summed E-state index contributed by atoms with van der Waals surface area (Å²) in [6.45, 7) is 8.10. The average Bonchev–Trinajstić information content (AvgIpc) is 3.98. The molecule has 16 heteroatoms. The number of carbonyl (C=O) groups excluding carboxylic acids is 4. The Balaban J connectivity index is 0.736. The van der Waals surface area contributed by atoms with Gasteiger partial charge in [-0.15, -0.1) is 0 Å². The molecule has 7 heterocycles. The SMILES string of the molecule is N#CCCn1cc(-c2nc(Nc3ccc(C4CCN(CCN5CCN(c6ccc7c(c6)C(=O)N(C6CCC(=O)NC6=O)C7=O)CC5)CC4)cc3)nc3[nH]ccc23)cn1. The van der Waals surface area contributed by atoms with Gasteiger partial charge in [0, 0.05) is 80.4 Å². The van der Waals surface area contributed by atoms with Crippen LogP contribution in [0.4, 0.5) is 17.3 Å². The number of nitriles is 1. The Hall–Kier alpha value is -6.44. The zero-order chi connectivity index (χ0) is 39.8. The van der Waals surface area contributed by atoms with E-state index in [-0.39, 0.29) is 18.7 Å². The third-order valence-electron chi connectivity index (χ3n) is 11.9. The summed E-state index contributed by atoms with van der Waals surface area (Å²) in [6.07, 6.45) is 8.39. The minimum atomic E-state index is -0.965. The van der Waals surface area contributed by atoms with E-state index in [0.717, 1.165) is 104 Å². The third kappa shape index (κ3) is 7.41. The normalized spacial score (nSPS) is 19.5. The topological polar surface area (TPSA) is 188 Å². The summed E-state index contributed by atoms with van der Waals surface area (Å²) >= 11 is 0. The molecular formula is C42H44N12O4. The molecule has 0 saturated carbocycles. The van der Waals surface area contributed by atoms with Crippen LogP contribution in [0.1, 0.15) is 64.3 Å². The molecule has 4 amide bonds. The van der Waals surface area contributed by atoms with E-state index in [1.54, 1.807) is 23.0 Å². The maximum atomic E-state index is 13.3. The molecule has 3 aromatic heterocycles. The molecule has 1 unspecified atom stereocenters. The fourth-order valence-electron chi connectivity index (χ4n) is 8.62. The number of rotatable bonds is 11. The summed E-state index contributed by atoms with van der Waals surface area (Å²) in [6, 6.07) is 17.1. The van der Waals surface area contributed by atoms with Crippen LogP contribution in [0, 0.1) is 11.3 Å². The smallest absolute Gasteiger partial charge is 0.262 e.